The predicted molar refractivity (Wildman–Crippen MR) is 125 cm³/mol. The minimum absolute atomic E-state index is 0. The van der Waals surface area contributed by atoms with E-state index < -0.39 is 0 Å². The van der Waals surface area contributed by atoms with Gasteiger partial charge < -0.3 is 15.4 Å². The van der Waals surface area contributed by atoms with Gasteiger partial charge in [-0.1, -0.05) is 12.1 Å². The SMILES string of the molecule is Cc1cnc(-c2cccc(OCC(=O)NC3CC3)c2)nc1Nc1ccc2[nH]ncc2c1.Cl. The first-order valence-electron chi connectivity index (χ1n) is 10.2. The molecule has 0 atom stereocenters. The Balaban J connectivity index is 0.00000245. The highest BCUT2D eigenvalue weighted by Crippen LogP contribution is 2.26. The van der Waals surface area contributed by atoms with Crippen molar-refractivity contribution in [2.24, 2.45) is 0 Å². The van der Waals surface area contributed by atoms with Crippen LogP contribution in [0.5, 0.6) is 5.75 Å². The molecule has 2 aromatic heterocycles. The largest absolute Gasteiger partial charge is 0.484 e. The second-order valence-corrected chi connectivity index (χ2v) is 7.68. The van der Waals surface area contributed by atoms with Crippen LogP contribution in [0.3, 0.4) is 0 Å². The lowest BCUT2D eigenvalue weighted by Gasteiger charge is -2.11. The number of aryl methyl sites for hydroxylation is 1. The summed E-state index contributed by atoms with van der Waals surface area (Å²) in [6.07, 6.45) is 5.68. The number of aromatic amines is 1. The molecule has 2 heterocycles. The van der Waals surface area contributed by atoms with Gasteiger partial charge >= 0.3 is 0 Å². The van der Waals surface area contributed by atoms with E-state index in [4.69, 9.17) is 9.72 Å². The van der Waals surface area contributed by atoms with Crippen molar-refractivity contribution < 1.29 is 9.53 Å². The van der Waals surface area contributed by atoms with Crippen LogP contribution in [0.4, 0.5) is 11.5 Å². The van der Waals surface area contributed by atoms with Crippen molar-refractivity contribution in [2.75, 3.05) is 11.9 Å². The van der Waals surface area contributed by atoms with E-state index in [1.54, 1.807) is 12.4 Å². The normalized spacial score (nSPS) is 12.8. The Hall–Kier alpha value is -3.65. The number of aromatic nitrogens is 4. The first kappa shape index (κ1) is 21.6. The molecule has 5 rings (SSSR count). The molecule has 0 spiro atoms. The van der Waals surface area contributed by atoms with Gasteiger partial charge in [-0.3, -0.25) is 9.89 Å². The molecule has 4 aromatic rings. The number of anilines is 2. The van der Waals surface area contributed by atoms with Crippen LogP contribution in [-0.2, 0) is 4.79 Å². The molecular formula is C23H23ClN6O2. The van der Waals surface area contributed by atoms with Crippen molar-refractivity contribution in [3.05, 3.63) is 60.4 Å². The van der Waals surface area contributed by atoms with Crippen molar-refractivity contribution in [3.63, 3.8) is 0 Å². The fourth-order valence-corrected chi connectivity index (χ4v) is 3.24. The summed E-state index contributed by atoms with van der Waals surface area (Å²) in [7, 11) is 0. The molecule has 3 N–H and O–H groups in total. The number of benzene rings is 2. The fraction of sp³-hybridized carbons (Fsp3) is 0.217. The van der Waals surface area contributed by atoms with Gasteiger partial charge in [0.2, 0.25) is 0 Å². The zero-order valence-corrected chi connectivity index (χ0v) is 18.3. The molecule has 2 aromatic carbocycles. The van der Waals surface area contributed by atoms with E-state index in [0.717, 1.165) is 46.4 Å². The third-order valence-corrected chi connectivity index (χ3v) is 5.08. The molecule has 1 saturated carbocycles. The number of carbonyl (C=O) groups is 1. The third kappa shape index (κ3) is 4.97. The zero-order chi connectivity index (χ0) is 21.2. The standard InChI is InChI=1S/C23H22N6O2.ClH/c1-14-11-24-23(28-22(14)27-18-7-8-20-16(9-18)12-25-29-20)15-3-2-4-19(10-15)31-13-21(30)26-17-5-6-17;/h2-4,7-12,17H,5-6,13H2,1H3,(H,25,29)(H,26,30)(H,24,27,28);1H. The number of nitrogens with zero attached hydrogens (tertiary/aromatic N) is 3. The minimum atomic E-state index is -0.0967. The Labute approximate surface area is 191 Å². The number of H-pyrrole nitrogens is 1. The Morgan fingerprint density at radius 3 is 2.91 bits per heavy atom. The molecule has 0 saturated heterocycles. The van der Waals surface area contributed by atoms with Crippen molar-refractivity contribution >= 4 is 40.7 Å². The lowest BCUT2D eigenvalue weighted by Crippen LogP contribution is -2.30. The molecule has 32 heavy (non-hydrogen) atoms. The van der Waals surface area contributed by atoms with E-state index >= 15 is 0 Å². The van der Waals surface area contributed by atoms with Gasteiger partial charge in [-0.05, 0) is 50.1 Å². The molecule has 1 aliphatic carbocycles. The second-order valence-electron chi connectivity index (χ2n) is 7.68. The molecule has 9 heteroatoms. The number of halogens is 1. The Morgan fingerprint density at radius 2 is 2.06 bits per heavy atom. The molecule has 1 aliphatic rings. The van der Waals surface area contributed by atoms with E-state index in [9.17, 15) is 4.79 Å². The van der Waals surface area contributed by atoms with Gasteiger partial charge in [0, 0.05) is 34.4 Å². The highest BCUT2D eigenvalue weighted by molar-refractivity contribution is 5.85. The van der Waals surface area contributed by atoms with Crippen molar-refractivity contribution in [3.8, 4) is 17.1 Å². The van der Waals surface area contributed by atoms with Crippen LogP contribution in [0, 0.1) is 6.92 Å². The van der Waals surface area contributed by atoms with Crippen LogP contribution < -0.4 is 15.4 Å². The van der Waals surface area contributed by atoms with Crippen LogP contribution in [-0.4, -0.2) is 38.7 Å². The summed E-state index contributed by atoms with van der Waals surface area (Å²) in [4.78, 5) is 21.1. The van der Waals surface area contributed by atoms with E-state index in [0.29, 0.717) is 17.6 Å². The minimum Gasteiger partial charge on any atom is -0.484 e. The first-order chi connectivity index (χ1) is 15.1. The summed E-state index contributed by atoms with van der Waals surface area (Å²) in [6.45, 7) is 1.96. The molecule has 1 amide bonds. The molecule has 1 fully saturated rings. The summed E-state index contributed by atoms with van der Waals surface area (Å²) in [5.74, 6) is 1.81. The smallest absolute Gasteiger partial charge is 0.258 e. The van der Waals surface area contributed by atoms with E-state index in [1.807, 2.05) is 49.4 Å². The molecule has 8 nitrogen and oxygen atoms in total. The Kier molecular flexibility index (Phi) is 6.23. The van der Waals surface area contributed by atoms with Gasteiger partial charge in [0.25, 0.3) is 5.91 Å². The number of amides is 1. The number of hydrogen-bond acceptors (Lipinski definition) is 6. The lowest BCUT2D eigenvalue weighted by molar-refractivity contribution is -0.123. The fourth-order valence-electron chi connectivity index (χ4n) is 3.24. The molecular weight excluding hydrogens is 428 g/mol. The van der Waals surface area contributed by atoms with Crippen molar-refractivity contribution in [1.29, 1.82) is 0 Å². The highest BCUT2D eigenvalue weighted by atomic mass is 35.5. The average Bonchev–Trinajstić information content (AvgIpc) is 3.47. The van der Waals surface area contributed by atoms with Crippen molar-refractivity contribution in [2.45, 2.75) is 25.8 Å². The van der Waals surface area contributed by atoms with Gasteiger partial charge in [-0.25, -0.2) is 9.97 Å². The second kappa shape index (κ2) is 9.23. The number of nitrogens with one attached hydrogen (secondary N) is 3. The highest BCUT2D eigenvalue weighted by Gasteiger charge is 2.23. The number of fused-ring (bicyclic) bond motifs is 1. The van der Waals surface area contributed by atoms with Crippen LogP contribution in [0.25, 0.3) is 22.3 Å². The quantitative estimate of drug-likeness (QED) is 0.390. The number of rotatable bonds is 7. The van der Waals surface area contributed by atoms with Gasteiger partial charge in [0.15, 0.2) is 12.4 Å². The topological polar surface area (TPSA) is 105 Å². The van der Waals surface area contributed by atoms with Gasteiger partial charge in [0.05, 0.1) is 11.7 Å². The van der Waals surface area contributed by atoms with Crippen LogP contribution in [0.15, 0.2) is 54.9 Å². The van der Waals surface area contributed by atoms with E-state index in [1.165, 1.54) is 0 Å². The maximum atomic E-state index is 11.9. The molecule has 0 bridgehead atoms. The Bertz CT molecular complexity index is 1250. The summed E-state index contributed by atoms with van der Waals surface area (Å²) in [6, 6.07) is 13.7. The number of carbonyl (C=O) groups excluding carboxylic acids is 1. The van der Waals surface area contributed by atoms with Crippen LogP contribution in [0.2, 0.25) is 0 Å². The summed E-state index contributed by atoms with van der Waals surface area (Å²) in [5, 5.41) is 14.3. The number of hydrogen-bond donors (Lipinski definition) is 3. The summed E-state index contributed by atoms with van der Waals surface area (Å²) < 4.78 is 5.65. The van der Waals surface area contributed by atoms with Gasteiger partial charge in [-0.15, -0.1) is 12.4 Å². The number of ether oxygens (including phenoxy) is 1. The first-order valence-corrected chi connectivity index (χ1v) is 10.2. The molecule has 0 unspecified atom stereocenters. The Morgan fingerprint density at radius 1 is 1.19 bits per heavy atom. The monoisotopic (exact) mass is 450 g/mol. The summed E-state index contributed by atoms with van der Waals surface area (Å²) in [5.41, 5.74) is 3.64. The lowest BCUT2D eigenvalue weighted by atomic mass is 10.2. The molecule has 164 valence electrons. The van der Waals surface area contributed by atoms with E-state index in [2.05, 4.69) is 25.8 Å². The molecule has 0 radical (unpaired) electrons. The van der Waals surface area contributed by atoms with Crippen LogP contribution >= 0.6 is 12.4 Å². The predicted octanol–water partition coefficient (Wildman–Crippen LogP) is 4.15. The zero-order valence-electron chi connectivity index (χ0n) is 17.5. The average molecular weight is 451 g/mol. The maximum Gasteiger partial charge on any atom is 0.258 e. The summed E-state index contributed by atoms with van der Waals surface area (Å²) >= 11 is 0. The molecule has 0 aliphatic heterocycles. The maximum absolute atomic E-state index is 11.9. The van der Waals surface area contributed by atoms with E-state index in [-0.39, 0.29) is 24.9 Å². The third-order valence-electron chi connectivity index (χ3n) is 5.08. The van der Waals surface area contributed by atoms with Gasteiger partial charge in [-0.2, -0.15) is 5.10 Å². The van der Waals surface area contributed by atoms with Gasteiger partial charge in [0.1, 0.15) is 11.6 Å². The van der Waals surface area contributed by atoms with Crippen molar-refractivity contribution in [1.82, 2.24) is 25.5 Å². The van der Waals surface area contributed by atoms with Crippen LogP contribution in [0.1, 0.15) is 18.4 Å².